The summed E-state index contributed by atoms with van der Waals surface area (Å²) in [7, 11) is 0. The van der Waals surface area contributed by atoms with Gasteiger partial charge >= 0.3 is 0 Å². The van der Waals surface area contributed by atoms with Gasteiger partial charge in [0.25, 0.3) is 0 Å². The predicted molar refractivity (Wildman–Crippen MR) is 70.0 cm³/mol. The molecule has 0 spiro atoms. The lowest BCUT2D eigenvalue weighted by atomic mass is 10.0. The molecule has 2 atom stereocenters. The molecule has 0 rings (SSSR count). The van der Waals surface area contributed by atoms with E-state index in [1.807, 2.05) is 20.8 Å². The number of hydrogen-bond acceptors (Lipinski definition) is 3. The van der Waals surface area contributed by atoms with Crippen molar-refractivity contribution >= 4 is 18.1 Å². The van der Waals surface area contributed by atoms with Crippen LogP contribution >= 0.6 is 0 Å². The van der Waals surface area contributed by atoms with Crippen LogP contribution in [0.5, 0.6) is 0 Å². The van der Waals surface area contributed by atoms with Gasteiger partial charge in [0.05, 0.1) is 6.04 Å². The lowest BCUT2D eigenvalue weighted by molar-refractivity contribution is -0.130. The molecule has 104 valence electrons. The fourth-order valence-corrected chi connectivity index (χ4v) is 1.69. The highest BCUT2D eigenvalue weighted by Gasteiger charge is 2.25. The molecular formula is C13H24N2O3. The van der Waals surface area contributed by atoms with Crippen molar-refractivity contribution in [3.63, 3.8) is 0 Å². The largest absolute Gasteiger partial charge is 0.347 e. The molecule has 0 aliphatic heterocycles. The van der Waals surface area contributed by atoms with Gasteiger partial charge in [0.15, 0.2) is 5.78 Å². The van der Waals surface area contributed by atoms with E-state index in [9.17, 15) is 14.4 Å². The van der Waals surface area contributed by atoms with Gasteiger partial charge < -0.3 is 10.6 Å². The van der Waals surface area contributed by atoms with Gasteiger partial charge in [0.1, 0.15) is 6.04 Å². The Balaban J connectivity index is 4.54. The van der Waals surface area contributed by atoms with E-state index < -0.39 is 12.1 Å². The number of Topliss-reactive ketones (excluding diaryl/α,β-unsaturated/α-hetero) is 1. The smallest absolute Gasteiger partial charge is 0.243 e. The molecular weight excluding hydrogens is 232 g/mol. The molecule has 5 nitrogen and oxygen atoms in total. The van der Waals surface area contributed by atoms with Crippen LogP contribution in [0.3, 0.4) is 0 Å². The molecule has 0 aliphatic rings. The number of carbonyl (C=O) groups is 3. The molecule has 0 fully saturated rings. The van der Waals surface area contributed by atoms with E-state index >= 15 is 0 Å². The first-order valence-electron chi connectivity index (χ1n) is 6.44. The van der Waals surface area contributed by atoms with Gasteiger partial charge in [-0.25, -0.2) is 0 Å². The monoisotopic (exact) mass is 256 g/mol. The second-order valence-electron chi connectivity index (χ2n) is 4.82. The van der Waals surface area contributed by atoms with Crippen molar-refractivity contribution in [2.75, 3.05) is 0 Å². The van der Waals surface area contributed by atoms with Gasteiger partial charge in [-0.15, -0.1) is 0 Å². The standard InChI is InChI=1S/C13H24N2O3/c1-5-6-7-11(10(4)17)15-13(18)12(9(2)3)14-8-16/h8-9,11-12H,5-7H2,1-4H3,(H,14,16)(H,15,18)/t11-,12-/m0/s1. The first kappa shape index (κ1) is 16.6. The number of unbranched alkanes of at least 4 members (excludes halogenated alkanes) is 1. The van der Waals surface area contributed by atoms with Gasteiger partial charge in [-0.2, -0.15) is 0 Å². The Labute approximate surface area is 109 Å². The maximum atomic E-state index is 12.0. The summed E-state index contributed by atoms with van der Waals surface area (Å²) in [4.78, 5) is 33.9. The molecule has 2 amide bonds. The lowest BCUT2D eigenvalue weighted by Gasteiger charge is -2.23. The fraction of sp³-hybridized carbons (Fsp3) is 0.769. The number of hydrogen-bond donors (Lipinski definition) is 2. The molecule has 18 heavy (non-hydrogen) atoms. The molecule has 5 heteroatoms. The second kappa shape index (κ2) is 8.66. The Kier molecular flexibility index (Phi) is 8.00. The quantitative estimate of drug-likeness (QED) is 0.605. The number of amides is 2. The Morgan fingerprint density at radius 1 is 1.28 bits per heavy atom. The van der Waals surface area contributed by atoms with Crippen molar-refractivity contribution in [3.8, 4) is 0 Å². The molecule has 0 saturated carbocycles. The highest BCUT2D eigenvalue weighted by Crippen LogP contribution is 2.05. The number of carbonyl (C=O) groups excluding carboxylic acids is 3. The van der Waals surface area contributed by atoms with Crippen LogP contribution in [0, 0.1) is 5.92 Å². The molecule has 0 aliphatic carbocycles. The summed E-state index contributed by atoms with van der Waals surface area (Å²) in [6.07, 6.45) is 3.01. The van der Waals surface area contributed by atoms with E-state index in [0.29, 0.717) is 12.8 Å². The Morgan fingerprint density at radius 3 is 2.28 bits per heavy atom. The van der Waals surface area contributed by atoms with Crippen molar-refractivity contribution in [3.05, 3.63) is 0 Å². The minimum absolute atomic E-state index is 0.0195. The second-order valence-corrected chi connectivity index (χ2v) is 4.82. The van der Waals surface area contributed by atoms with Crippen LogP contribution < -0.4 is 10.6 Å². The van der Waals surface area contributed by atoms with E-state index in [0.717, 1.165) is 12.8 Å². The van der Waals surface area contributed by atoms with Crippen LogP contribution in [0.2, 0.25) is 0 Å². The maximum absolute atomic E-state index is 12.0. The lowest BCUT2D eigenvalue weighted by Crippen LogP contribution is -2.51. The van der Waals surface area contributed by atoms with E-state index in [1.165, 1.54) is 6.92 Å². The fourth-order valence-electron chi connectivity index (χ4n) is 1.69. The zero-order valence-corrected chi connectivity index (χ0v) is 11.7. The predicted octanol–water partition coefficient (Wildman–Crippen LogP) is 1.02. The van der Waals surface area contributed by atoms with Crippen LogP contribution in [0.15, 0.2) is 0 Å². The molecule has 2 N–H and O–H groups in total. The zero-order valence-electron chi connectivity index (χ0n) is 11.7. The van der Waals surface area contributed by atoms with Crippen LogP contribution in [-0.4, -0.2) is 30.2 Å². The van der Waals surface area contributed by atoms with Crippen molar-refractivity contribution in [2.45, 2.75) is 59.0 Å². The van der Waals surface area contributed by atoms with Crippen molar-refractivity contribution in [1.82, 2.24) is 10.6 Å². The SMILES string of the molecule is CCCC[C@H](NC(=O)[C@@H](NC=O)C(C)C)C(C)=O. The Hall–Kier alpha value is -1.39. The Morgan fingerprint density at radius 2 is 1.89 bits per heavy atom. The molecule has 0 saturated heterocycles. The van der Waals surface area contributed by atoms with Crippen LogP contribution in [0.25, 0.3) is 0 Å². The molecule has 0 radical (unpaired) electrons. The highest BCUT2D eigenvalue weighted by molar-refractivity contribution is 5.90. The van der Waals surface area contributed by atoms with E-state index in [1.54, 1.807) is 0 Å². The van der Waals surface area contributed by atoms with E-state index in [2.05, 4.69) is 10.6 Å². The number of ketones is 1. The van der Waals surface area contributed by atoms with Crippen molar-refractivity contribution in [1.29, 1.82) is 0 Å². The van der Waals surface area contributed by atoms with Gasteiger partial charge in [-0.3, -0.25) is 14.4 Å². The molecule has 0 aromatic carbocycles. The summed E-state index contributed by atoms with van der Waals surface area (Å²) < 4.78 is 0. The minimum Gasteiger partial charge on any atom is -0.347 e. The maximum Gasteiger partial charge on any atom is 0.243 e. The van der Waals surface area contributed by atoms with Crippen LogP contribution in [0.4, 0.5) is 0 Å². The first-order valence-corrected chi connectivity index (χ1v) is 6.44. The normalized spacial score (nSPS) is 13.8. The van der Waals surface area contributed by atoms with Crippen molar-refractivity contribution < 1.29 is 14.4 Å². The van der Waals surface area contributed by atoms with Crippen molar-refractivity contribution in [2.24, 2.45) is 5.92 Å². The summed E-state index contributed by atoms with van der Waals surface area (Å²) >= 11 is 0. The number of rotatable bonds is 9. The van der Waals surface area contributed by atoms with Gasteiger partial charge in [-0.1, -0.05) is 33.6 Å². The van der Waals surface area contributed by atoms with Gasteiger partial charge in [0, 0.05) is 0 Å². The summed E-state index contributed by atoms with van der Waals surface area (Å²) in [6, 6.07) is -1.04. The average Bonchev–Trinajstić information content (AvgIpc) is 2.30. The topological polar surface area (TPSA) is 75.3 Å². The zero-order chi connectivity index (χ0) is 14.1. The molecule has 0 heterocycles. The summed E-state index contributed by atoms with van der Waals surface area (Å²) in [5.74, 6) is -0.368. The minimum atomic E-state index is -0.592. The Bertz CT molecular complexity index is 290. The molecule has 0 unspecified atom stereocenters. The summed E-state index contributed by atoms with van der Waals surface area (Å²) in [6.45, 7) is 7.19. The van der Waals surface area contributed by atoms with E-state index in [4.69, 9.17) is 0 Å². The third kappa shape index (κ3) is 5.80. The van der Waals surface area contributed by atoms with E-state index in [-0.39, 0.29) is 17.6 Å². The molecule has 0 aromatic heterocycles. The number of nitrogens with one attached hydrogen (secondary N) is 2. The van der Waals surface area contributed by atoms with Gasteiger partial charge in [0.2, 0.25) is 12.3 Å². The van der Waals surface area contributed by atoms with Crippen LogP contribution in [-0.2, 0) is 14.4 Å². The van der Waals surface area contributed by atoms with Crippen LogP contribution in [0.1, 0.15) is 47.0 Å². The highest BCUT2D eigenvalue weighted by atomic mass is 16.2. The van der Waals surface area contributed by atoms with Gasteiger partial charge in [-0.05, 0) is 19.3 Å². The third-order valence-electron chi connectivity index (χ3n) is 2.85. The molecule has 0 bridgehead atoms. The summed E-state index contributed by atoms with van der Waals surface area (Å²) in [5.41, 5.74) is 0. The third-order valence-corrected chi connectivity index (χ3v) is 2.85. The molecule has 0 aromatic rings. The summed E-state index contributed by atoms with van der Waals surface area (Å²) in [5, 5.41) is 5.19. The first-order chi connectivity index (χ1) is 8.43. The average molecular weight is 256 g/mol.